The van der Waals surface area contributed by atoms with Crippen molar-refractivity contribution in [1.82, 2.24) is 0 Å². The van der Waals surface area contributed by atoms with Crippen LogP contribution in [0.2, 0.25) is 0 Å². The molecule has 1 amide bonds. The van der Waals surface area contributed by atoms with Gasteiger partial charge in [-0.25, -0.2) is 0 Å². The number of hydrogen-bond donors (Lipinski definition) is 2. The predicted octanol–water partition coefficient (Wildman–Crippen LogP) is 5.39. The zero-order valence-electron chi connectivity index (χ0n) is 16.8. The number of ketones is 1. The average Bonchev–Trinajstić information content (AvgIpc) is 3.30. The van der Waals surface area contributed by atoms with Crippen LogP contribution in [0.4, 0.5) is 17.1 Å². The van der Waals surface area contributed by atoms with Crippen LogP contribution in [0.1, 0.15) is 41.6 Å². The van der Waals surface area contributed by atoms with Gasteiger partial charge in [-0.3, -0.25) is 14.5 Å². The second-order valence-corrected chi connectivity index (χ2v) is 7.07. The minimum atomic E-state index is -0.430. The zero-order chi connectivity index (χ0) is 20.8. The molecule has 0 aliphatic carbocycles. The Morgan fingerprint density at radius 2 is 1.37 bits per heavy atom. The van der Waals surface area contributed by atoms with Crippen molar-refractivity contribution in [3.8, 4) is 0 Å². The third-order valence-electron chi connectivity index (χ3n) is 5.58. The predicted molar refractivity (Wildman–Crippen MR) is 122 cm³/mol. The van der Waals surface area contributed by atoms with Crippen molar-refractivity contribution in [3.05, 3.63) is 95.2 Å². The lowest BCUT2D eigenvalue weighted by atomic mass is 9.99. The van der Waals surface area contributed by atoms with Crippen LogP contribution in [-0.2, 0) is 0 Å². The number of carbonyl (C=O) groups excluding carboxylic acids is 2. The molecule has 0 bridgehead atoms. The van der Waals surface area contributed by atoms with E-state index in [1.807, 2.05) is 86.6 Å². The highest BCUT2D eigenvalue weighted by molar-refractivity contribution is 6.26. The quantitative estimate of drug-likeness (QED) is 0.499. The van der Waals surface area contributed by atoms with Crippen molar-refractivity contribution < 1.29 is 11.0 Å². The van der Waals surface area contributed by atoms with E-state index in [9.17, 15) is 9.59 Å². The number of allylic oxidation sites excluding steroid dienone is 1. The summed E-state index contributed by atoms with van der Waals surface area (Å²) in [6, 6.07) is 22.7. The molecule has 3 aromatic rings. The van der Waals surface area contributed by atoms with Gasteiger partial charge in [0.05, 0.1) is 16.9 Å². The first-order chi connectivity index (χ1) is 14.7. The number of hydrogen-bond acceptors (Lipinski definition) is 4. The number of benzene rings is 3. The van der Waals surface area contributed by atoms with Crippen LogP contribution in [0.5, 0.6) is 0 Å². The second-order valence-electron chi connectivity index (χ2n) is 7.07. The fourth-order valence-corrected chi connectivity index (χ4v) is 4.34. The molecule has 2 N–H and O–H groups in total. The molecule has 6 rings (SSSR count). The van der Waals surface area contributed by atoms with Gasteiger partial charge < -0.3 is 10.6 Å². The van der Waals surface area contributed by atoms with Crippen molar-refractivity contribution in [2.45, 2.75) is 20.0 Å². The summed E-state index contributed by atoms with van der Waals surface area (Å²) in [6.45, 7) is 4.00. The Morgan fingerprint density at radius 3 is 2.10 bits per heavy atom. The first-order valence-electron chi connectivity index (χ1n) is 10.2. The molecule has 150 valence electrons. The number of anilines is 3. The molecule has 3 heterocycles. The van der Waals surface area contributed by atoms with E-state index in [4.69, 9.17) is 0 Å². The van der Waals surface area contributed by atoms with Gasteiger partial charge >= 0.3 is 0 Å². The maximum atomic E-state index is 13.3. The molecule has 5 heteroatoms. The smallest absolute Gasteiger partial charge is 0.262 e. The van der Waals surface area contributed by atoms with Crippen LogP contribution in [-0.4, -0.2) is 17.9 Å². The molecule has 0 saturated carbocycles. The lowest BCUT2D eigenvalue weighted by molar-refractivity contribution is 0.0979. The maximum Gasteiger partial charge on any atom is 0.262 e. The summed E-state index contributed by atoms with van der Waals surface area (Å²) < 4.78 is 0. The van der Waals surface area contributed by atoms with Crippen LogP contribution < -0.4 is 15.5 Å². The molecule has 0 fully saturated rings. The van der Waals surface area contributed by atoms with Crippen LogP contribution >= 0.6 is 0 Å². The van der Waals surface area contributed by atoms with Gasteiger partial charge in [0.2, 0.25) is 5.78 Å². The fourth-order valence-electron chi connectivity index (χ4n) is 4.34. The van der Waals surface area contributed by atoms with Crippen LogP contribution in [0.25, 0.3) is 5.57 Å². The van der Waals surface area contributed by atoms with E-state index in [0.717, 1.165) is 28.2 Å². The van der Waals surface area contributed by atoms with Gasteiger partial charge in [0.15, 0.2) is 0 Å². The third kappa shape index (κ3) is 2.42. The summed E-state index contributed by atoms with van der Waals surface area (Å²) in [5.74, 6) is -0.110. The van der Waals surface area contributed by atoms with Crippen molar-refractivity contribution in [2.75, 3.05) is 15.5 Å². The number of rotatable bonds is 0. The molecule has 3 aromatic carbocycles. The van der Waals surface area contributed by atoms with Crippen LogP contribution in [0.3, 0.4) is 0 Å². The van der Waals surface area contributed by atoms with Gasteiger partial charge in [-0.2, -0.15) is 0 Å². The van der Waals surface area contributed by atoms with Crippen molar-refractivity contribution in [3.63, 3.8) is 0 Å². The molecule has 0 saturated heterocycles. The summed E-state index contributed by atoms with van der Waals surface area (Å²) >= 11 is 0. The molecule has 30 heavy (non-hydrogen) atoms. The second kappa shape index (κ2) is 6.88. The number of nitrogens with zero attached hydrogens (tertiary/aromatic N) is 1. The topological polar surface area (TPSA) is 61.4 Å². The minimum absolute atomic E-state index is 0. The Kier molecular flexibility index (Phi) is 4.17. The Balaban J connectivity index is 0.000000750. The van der Waals surface area contributed by atoms with Gasteiger partial charge in [-0.15, -0.1) is 0 Å². The Morgan fingerprint density at radius 1 is 0.767 bits per heavy atom. The molecule has 5 nitrogen and oxygen atoms in total. The summed E-state index contributed by atoms with van der Waals surface area (Å²) in [7, 11) is 0. The highest BCUT2D eigenvalue weighted by Gasteiger charge is 2.45. The normalized spacial score (nSPS) is 20.2. The summed E-state index contributed by atoms with van der Waals surface area (Å²) in [5, 5.41) is 6.76. The van der Waals surface area contributed by atoms with Crippen molar-refractivity contribution >= 4 is 34.3 Å². The lowest BCUT2D eigenvalue weighted by Crippen LogP contribution is -2.46. The highest BCUT2D eigenvalue weighted by Crippen LogP contribution is 2.47. The molecule has 0 spiro atoms. The maximum absolute atomic E-state index is 13.3. The molecular formula is C25H23N3O2. The van der Waals surface area contributed by atoms with E-state index >= 15 is 0 Å². The van der Waals surface area contributed by atoms with E-state index in [2.05, 4.69) is 10.6 Å². The average molecular weight is 397 g/mol. The number of para-hydroxylation sites is 3. The molecule has 0 radical (unpaired) electrons. The number of Topliss-reactive ketones (excluding diaryl/α,β-unsaturated/α-hetero) is 1. The summed E-state index contributed by atoms with van der Waals surface area (Å²) in [4.78, 5) is 28.2. The largest absolute Gasteiger partial charge is 0.360 e. The molecule has 3 aliphatic heterocycles. The standard InChI is InChI=1S/C23H15N3O2.C2H6.H2/c27-21-13-7-1-4-10-16(13)24-20(21)19-15-9-3-6-12-18(15)26-22(19)25-17-11-5-2-8-14(17)23(26)28;1-2;/h1-12,22,24-25H;1-2H3;1H/b20-19+;;. The van der Waals surface area contributed by atoms with E-state index in [1.54, 1.807) is 4.90 Å². The monoisotopic (exact) mass is 397 g/mol. The van der Waals surface area contributed by atoms with E-state index in [1.165, 1.54) is 0 Å². The van der Waals surface area contributed by atoms with Gasteiger partial charge in [-0.05, 0) is 30.3 Å². The number of fused-ring (bicyclic) bond motifs is 5. The minimum Gasteiger partial charge on any atom is -0.360 e. The van der Waals surface area contributed by atoms with Gasteiger partial charge in [0.25, 0.3) is 5.91 Å². The fraction of sp³-hybridized carbons (Fsp3) is 0.120. The molecule has 1 atom stereocenters. The number of amides is 1. The van der Waals surface area contributed by atoms with Crippen molar-refractivity contribution in [2.24, 2.45) is 0 Å². The van der Waals surface area contributed by atoms with E-state index in [-0.39, 0.29) is 13.1 Å². The Bertz CT molecular complexity index is 1230. The SMILES string of the molecule is CC.O=C1/C(=C2/c3ccccc3N3C(=O)c4ccccc4NC23)Nc2ccccc21.[HH]. The Labute approximate surface area is 176 Å². The molecule has 0 aromatic heterocycles. The molecule has 1 unspecified atom stereocenters. The Hall–Kier alpha value is -3.86. The van der Waals surface area contributed by atoms with E-state index < -0.39 is 6.17 Å². The first-order valence-corrected chi connectivity index (χ1v) is 10.2. The number of nitrogens with one attached hydrogen (secondary N) is 2. The van der Waals surface area contributed by atoms with Gasteiger partial charge in [0.1, 0.15) is 6.17 Å². The highest BCUT2D eigenvalue weighted by atomic mass is 16.2. The molecular weight excluding hydrogens is 374 g/mol. The van der Waals surface area contributed by atoms with Gasteiger partial charge in [0, 0.05) is 29.5 Å². The third-order valence-corrected chi connectivity index (χ3v) is 5.58. The first kappa shape index (κ1) is 18.2. The lowest BCUT2D eigenvalue weighted by Gasteiger charge is -2.33. The summed E-state index contributed by atoms with van der Waals surface area (Å²) in [6.07, 6.45) is -0.430. The van der Waals surface area contributed by atoms with Gasteiger partial charge in [-0.1, -0.05) is 56.3 Å². The van der Waals surface area contributed by atoms with E-state index in [0.29, 0.717) is 16.8 Å². The summed E-state index contributed by atoms with van der Waals surface area (Å²) in [5.41, 5.74) is 5.91. The molecule has 3 aliphatic rings. The number of carbonyl (C=O) groups is 2. The van der Waals surface area contributed by atoms with Crippen LogP contribution in [0, 0.1) is 0 Å². The zero-order valence-corrected chi connectivity index (χ0v) is 16.8. The van der Waals surface area contributed by atoms with Crippen molar-refractivity contribution in [1.29, 1.82) is 0 Å². The van der Waals surface area contributed by atoms with Crippen LogP contribution in [0.15, 0.2) is 78.5 Å².